The van der Waals surface area contributed by atoms with E-state index in [9.17, 15) is 18.0 Å². The molecule has 1 aromatic heterocycles. The molecule has 0 aliphatic carbocycles. The zero-order valence-corrected chi connectivity index (χ0v) is 17.4. The fourth-order valence-corrected chi connectivity index (χ4v) is 3.98. The summed E-state index contributed by atoms with van der Waals surface area (Å²) in [6.45, 7) is 4.89. The first-order valence-electron chi connectivity index (χ1n) is 8.62. The molecule has 2 aromatic carbocycles. The lowest BCUT2D eigenvalue weighted by atomic mass is 10.1. The highest BCUT2D eigenvalue weighted by molar-refractivity contribution is 7.89. The molecule has 0 bridgehead atoms. The monoisotopic (exact) mass is 435 g/mol. The van der Waals surface area contributed by atoms with Gasteiger partial charge in [0, 0.05) is 11.5 Å². The summed E-state index contributed by atoms with van der Waals surface area (Å²) in [6.07, 6.45) is 0. The molecule has 0 saturated heterocycles. The molecule has 0 aliphatic heterocycles. The average molecular weight is 436 g/mol. The molecule has 3 rings (SSSR count). The molecule has 152 valence electrons. The normalized spacial score (nSPS) is 12.7. The summed E-state index contributed by atoms with van der Waals surface area (Å²) in [7, 11) is -3.89. The lowest BCUT2D eigenvalue weighted by Crippen LogP contribution is -2.40. The number of sulfonamides is 1. The van der Waals surface area contributed by atoms with E-state index in [1.165, 1.54) is 31.2 Å². The Kier molecular flexibility index (Phi) is 5.79. The van der Waals surface area contributed by atoms with Crippen molar-refractivity contribution in [2.45, 2.75) is 31.7 Å². The predicted molar refractivity (Wildman–Crippen MR) is 109 cm³/mol. The van der Waals surface area contributed by atoms with Gasteiger partial charge in [0.2, 0.25) is 10.0 Å². The number of hydrogen-bond donors (Lipinski definition) is 1. The number of esters is 1. The van der Waals surface area contributed by atoms with Crippen LogP contribution in [0.3, 0.4) is 0 Å². The third kappa shape index (κ3) is 4.50. The smallest absolute Gasteiger partial charge is 0.355 e. The number of rotatable bonds is 5. The van der Waals surface area contributed by atoms with E-state index in [-0.39, 0.29) is 21.3 Å². The number of benzene rings is 2. The second kappa shape index (κ2) is 7.98. The van der Waals surface area contributed by atoms with Crippen molar-refractivity contribution in [3.8, 4) is 5.75 Å². The fraction of sp³-hybridized carbons (Fsp3) is 0.200. The average Bonchev–Trinajstić information content (AvgIpc) is 2.66. The molecular formula is C20H18ClNO6S. The standard InChI is InChI=1S/C20H18ClNO6S/c1-11-4-7-15(8-5-11)29(25,26)22-13(3)19(23)27-14-6-9-16-12(2)18(21)20(24)28-17(16)10-14/h4-10,13,22H,1-3H3. The van der Waals surface area contributed by atoms with Crippen LogP contribution in [0.15, 0.2) is 56.6 Å². The minimum Gasteiger partial charge on any atom is -0.425 e. The van der Waals surface area contributed by atoms with Gasteiger partial charge in [0.25, 0.3) is 0 Å². The van der Waals surface area contributed by atoms with Crippen molar-refractivity contribution in [2.24, 2.45) is 0 Å². The van der Waals surface area contributed by atoms with Crippen molar-refractivity contribution < 1.29 is 22.4 Å². The number of carbonyl (C=O) groups is 1. The van der Waals surface area contributed by atoms with Gasteiger partial charge in [-0.2, -0.15) is 4.72 Å². The first kappa shape index (κ1) is 21.0. The molecule has 1 N–H and O–H groups in total. The Morgan fingerprint density at radius 2 is 1.79 bits per heavy atom. The third-order valence-corrected chi connectivity index (χ3v) is 6.30. The second-order valence-electron chi connectivity index (χ2n) is 6.56. The Balaban J connectivity index is 1.78. The number of fused-ring (bicyclic) bond motifs is 1. The van der Waals surface area contributed by atoms with E-state index in [0.29, 0.717) is 10.9 Å². The van der Waals surface area contributed by atoms with Gasteiger partial charge in [0.15, 0.2) is 0 Å². The van der Waals surface area contributed by atoms with Crippen molar-refractivity contribution in [1.29, 1.82) is 0 Å². The largest absolute Gasteiger partial charge is 0.425 e. The quantitative estimate of drug-likeness (QED) is 0.374. The highest BCUT2D eigenvalue weighted by Gasteiger charge is 2.24. The van der Waals surface area contributed by atoms with E-state index in [0.717, 1.165) is 5.56 Å². The van der Waals surface area contributed by atoms with Gasteiger partial charge in [-0.3, -0.25) is 0 Å². The molecule has 0 amide bonds. The van der Waals surface area contributed by atoms with Crippen LogP contribution in [0.4, 0.5) is 0 Å². The van der Waals surface area contributed by atoms with Crippen LogP contribution in [-0.4, -0.2) is 20.4 Å². The minimum atomic E-state index is -3.89. The zero-order chi connectivity index (χ0) is 21.3. The van der Waals surface area contributed by atoms with E-state index < -0.39 is 27.7 Å². The summed E-state index contributed by atoms with van der Waals surface area (Å²) in [4.78, 5) is 24.1. The molecule has 0 spiro atoms. The maximum atomic E-state index is 12.4. The summed E-state index contributed by atoms with van der Waals surface area (Å²) in [6, 6.07) is 9.57. The molecule has 3 aromatic rings. The summed E-state index contributed by atoms with van der Waals surface area (Å²) < 4.78 is 37.5. The Morgan fingerprint density at radius 3 is 2.45 bits per heavy atom. The highest BCUT2D eigenvalue weighted by atomic mass is 35.5. The topological polar surface area (TPSA) is 103 Å². The van der Waals surface area contributed by atoms with Crippen LogP contribution in [0.1, 0.15) is 18.1 Å². The van der Waals surface area contributed by atoms with Crippen LogP contribution < -0.4 is 15.1 Å². The zero-order valence-electron chi connectivity index (χ0n) is 15.9. The lowest BCUT2D eigenvalue weighted by Gasteiger charge is -2.14. The number of ether oxygens (including phenoxy) is 1. The van der Waals surface area contributed by atoms with Crippen LogP contribution in [0.25, 0.3) is 11.0 Å². The van der Waals surface area contributed by atoms with E-state index in [1.807, 2.05) is 6.92 Å². The van der Waals surface area contributed by atoms with Gasteiger partial charge in [-0.15, -0.1) is 0 Å². The second-order valence-corrected chi connectivity index (χ2v) is 8.66. The van der Waals surface area contributed by atoms with Crippen molar-refractivity contribution in [1.82, 2.24) is 4.72 Å². The molecule has 0 saturated carbocycles. The van der Waals surface area contributed by atoms with Gasteiger partial charge < -0.3 is 9.15 Å². The van der Waals surface area contributed by atoms with E-state index in [4.69, 9.17) is 20.8 Å². The summed E-state index contributed by atoms with van der Waals surface area (Å²) in [5.41, 5.74) is 0.973. The molecule has 1 unspecified atom stereocenters. The van der Waals surface area contributed by atoms with E-state index in [2.05, 4.69) is 4.72 Å². The Morgan fingerprint density at radius 1 is 1.14 bits per heavy atom. The van der Waals surface area contributed by atoms with Gasteiger partial charge in [-0.25, -0.2) is 18.0 Å². The molecule has 29 heavy (non-hydrogen) atoms. The minimum absolute atomic E-state index is 0.0126. The van der Waals surface area contributed by atoms with Crippen LogP contribution in [0.2, 0.25) is 5.02 Å². The molecule has 0 aliphatic rings. The first-order chi connectivity index (χ1) is 13.6. The van der Waals surface area contributed by atoms with Crippen LogP contribution >= 0.6 is 11.6 Å². The summed E-state index contributed by atoms with van der Waals surface area (Å²) in [5.74, 6) is -0.707. The number of carbonyl (C=O) groups excluding carboxylic acids is 1. The van der Waals surface area contributed by atoms with Gasteiger partial charge in [-0.05, 0) is 50.6 Å². The van der Waals surface area contributed by atoms with Crippen molar-refractivity contribution >= 4 is 38.6 Å². The van der Waals surface area contributed by atoms with Gasteiger partial charge in [0.1, 0.15) is 22.4 Å². The van der Waals surface area contributed by atoms with E-state index in [1.54, 1.807) is 25.1 Å². The number of aryl methyl sites for hydroxylation is 2. The Labute approximate surface area is 172 Å². The Bertz CT molecular complexity index is 1250. The molecule has 1 atom stereocenters. The maximum Gasteiger partial charge on any atom is 0.355 e. The molecule has 9 heteroatoms. The number of nitrogens with one attached hydrogen (secondary N) is 1. The molecule has 7 nitrogen and oxygen atoms in total. The lowest BCUT2D eigenvalue weighted by molar-refractivity contribution is -0.135. The predicted octanol–water partition coefficient (Wildman–Crippen LogP) is 3.34. The SMILES string of the molecule is Cc1ccc(S(=O)(=O)NC(C)C(=O)Oc2ccc3c(C)c(Cl)c(=O)oc3c2)cc1. The number of halogens is 1. The van der Waals surface area contributed by atoms with Crippen molar-refractivity contribution in [3.05, 3.63) is 69.0 Å². The summed E-state index contributed by atoms with van der Waals surface area (Å²) >= 11 is 5.89. The van der Waals surface area contributed by atoms with Crippen LogP contribution in [-0.2, 0) is 14.8 Å². The summed E-state index contributed by atoms with van der Waals surface area (Å²) in [5, 5.41) is 0.587. The molecule has 0 radical (unpaired) electrons. The van der Waals surface area contributed by atoms with Crippen molar-refractivity contribution in [3.63, 3.8) is 0 Å². The maximum absolute atomic E-state index is 12.4. The van der Waals surface area contributed by atoms with Gasteiger partial charge >= 0.3 is 11.6 Å². The molecule has 1 heterocycles. The number of hydrogen-bond acceptors (Lipinski definition) is 6. The molecule has 0 fully saturated rings. The molecular weight excluding hydrogens is 418 g/mol. The first-order valence-corrected chi connectivity index (χ1v) is 10.5. The van der Waals surface area contributed by atoms with Crippen LogP contribution in [0.5, 0.6) is 5.75 Å². The highest BCUT2D eigenvalue weighted by Crippen LogP contribution is 2.26. The third-order valence-electron chi connectivity index (χ3n) is 4.30. The van der Waals surface area contributed by atoms with E-state index >= 15 is 0 Å². The Hall–Kier alpha value is -2.68. The van der Waals surface area contributed by atoms with Crippen molar-refractivity contribution in [2.75, 3.05) is 0 Å². The fourth-order valence-electron chi connectivity index (χ4n) is 2.65. The van der Waals surface area contributed by atoms with Crippen LogP contribution in [0, 0.1) is 13.8 Å². The van der Waals surface area contributed by atoms with Gasteiger partial charge in [-0.1, -0.05) is 29.3 Å². The van der Waals surface area contributed by atoms with Gasteiger partial charge in [0.05, 0.1) is 4.90 Å².